The highest BCUT2D eigenvalue weighted by Crippen LogP contribution is 2.48. The molecule has 0 bridgehead atoms. The van der Waals surface area contributed by atoms with Crippen molar-refractivity contribution in [2.45, 2.75) is 33.6 Å². The molecule has 0 aliphatic heterocycles. The molecule has 124 valence electrons. The van der Waals surface area contributed by atoms with Gasteiger partial charge < -0.3 is 13.6 Å². The van der Waals surface area contributed by atoms with Gasteiger partial charge in [0.15, 0.2) is 0 Å². The minimum Gasteiger partial charge on any atom is -0.316 e. The van der Waals surface area contributed by atoms with Crippen molar-refractivity contribution in [3.63, 3.8) is 0 Å². The quantitative estimate of drug-likeness (QED) is 0.526. The summed E-state index contributed by atoms with van der Waals surface area (Å²) in [6.45, 7) is 7.18. The summed E-state index contributed by atoms with van der Waals surface area (Å²) in [4.78, 5) is 0. The lowest BCUT2D eigenvalue weighted by atomic mass is 10.5. The van der Waals surface area contributed by atoms with Crippen LogP contribution in [0, 0.1) is 0 Å². The summed E-state index contributed by atoms with van der Waals surface area (Å²) >= 11 is 0. The predicted molar refractivity (Wildman–Crippen MR) is 79.7 cm³/mol. The first-order valence-electron chi connectivity index (χ1n) is 6.49. The molecule has 0 radical (unpaired) electrons. The molecular formula is C11H28O7P2. The molecule has 0 saturated carbocycles. The predicted octanol–water partition coefficient (Wildman–Crippen LogP) is 4.14. The van der Waals surface area contributed by atoms with Crippen LogP contribution >= 0.6 is 16.4 Å². The fraction of sp³-hybridized carbons (Fsp3) is 1.00. The lowest BCUT2D eigenvalue weighted by Crippen LogP contribution is -1.99. The minimum atomic E-state index is -3.23. The van der Waals surface area contributed by atoms with E-state index in [1.807, 2.05) is 20.8 Å². The number of rotatable bonds is 11. The second kappa shape index (κ2) is 15.8. The second-order valence-electron chi connectivity index (χ2n) is 3.30. The average Bonchev–Trinajstić information content (AvgIpc) is 2.49. The van der Waals surface area contributed by atoms with Gasteiger partial charge in [-0.3, -0.25) is 13.6 Å². The zero-order chi connectivity index (χ0) is 15.9. The largest absolute Gasteiger partial charge is 0.474 e. The fourth-order valence-corrected chi connectivity index (χ4v) is 2.50. The van der Waals surface area contributed by atoms with Gasteiger partial charge in [-0.1, -0.05) is 13.8 Å². The van der Waals surface area contributed by atoms with Gasteiger partial charge in [0.25, 0.3) is 0 Å². The van der Waals surface area contributed by atoms with Crippen LogP contribution in [0.3, 0.4) is 0 Å². The van der Waals surface area contributed by atoms with Crippen molar-refractivity contribution in [1.29, 1.82) is 0 Å². The van der Waals surface area contributed by atoms with Gasteiger partial charge in [-0.2, -0.15) is 0 Å². The second-order valence-corrected chi connectivity index (χ2v) is 6.51. The van der Waals surface area contributed by atoms with E-state index in [4.69, 9.17) is 22.6 Å². The van der Waals surface area contributed by atoms with E-state index in [1.165, 1.54) is 7.11 Å². The molecule has 0 atom stereocenters. The standard InChI is InChI=1S/C7H17O4P.C4H11O3P/c1-4-6-10-12(8,9-3)11-7-5-2;1-4-7-8(5-2)6-3/h4-7H2,1-3H3;4H2,1-3H3. The molecule has 0 fully saturated rings. The van der Waals surface area contributed by atoms with Gasteiger partial charge >= 0.3 is 16.4 Å². The number of hydrogen-bond donors (Lipinski definition) is 0. The highest BCUT2D eigenvalue weighted by Gasteiger charge is 2.23. The third kappa shape index (κ3) is 13.4. The summed E-state index contributed by atoms with van der Waals surface area (Å²) in [5.74, 6) is 0. The van der Waals surface area contributed by atoms with Gasteiger partial charge in [0.05, 0.1) is 19.8 Å². The molecule has 0 heterocycles. The number of phosphoric acid groups is 1. The number of phosphoric ester groups is 1. The van der Waals surface area contributed by atoms with E-state index in [-0.39, 0.29) is 0 Å². The molecule has 0 rings (SSSR count). The Morgan fingerprint density at radius 3 is 1.55 bits per heavy atom. The van der Waals surface area contributed by atoms with Crippen LogP contribution in [0.5, 0.6) is 0 Å². The smallest absolute Gasteiger partial charge is 0.316 e. The van der Waals surface area contributed by atoms with E-state index < -0.39 is 16.4 Å². The zero-order valence-corrected chi connectivity index (χ0v) is 15.1. The Morgan fingerprint density at radius 2 is 1.35 bits per heavy atom. The van der Waals surface area contributed by atoms with E-state index in [2.05, 4.69) is 4.52 Å². The summed E-state index contributed by atoms with van der Waals surface area (Å²) in [6.07, 6.45) is 1.59. The highest BCUT2D eigenvalue weighted by atomic mass is 31.2. The molecule has 0 saturated heterocycles. The van der Waals surface area contributed by atoms with Gasteiger partial charge in [-0.25, -0.2) is 4.57 Å². The Kier molecular flexibility index (Phi) is 17.9. The summed E-state index contributed by atoms with van der Waals surface area (Å²) < 4.78 is 40.4. The Labute approximate surface area is 123 Å². The molecule has 7 nitrogen and oxygen atoms in total. The molecule has 0 aliphatic rings. The number of hydrogen-bond acceptors (Lipinski definition) is 7. The summed E-state index contributed by atoms with van der Waals surface area (Å²) in [5.41, 5.74) is 0. The van der Waals surface area contributed by atoms with E-state index in [9.17, 15) is 4.57 Å². The molecule has 0 unspecified atom stereocenters. The van der Waals surface area contributed by atoms with Gasteiger partial charge in [-0.15, -0.1) is 0 Å². The molecule has 20 heavy (non-hydrogen) atoms. The molecule has 0 aromatic carbocycles. The normalized spacial score (nSPS) is 11.3. The first-order chi connectivity index (χ1) is 9.53. The maximum absolute atomic E-state index is 11.4. The van der Waals surface area contributed by atoms with Crippen LogP contribution in [0.25, 0.3) is 0 Å². The lowest BCUT2D eigenvalue weighted by molar-refractivity contribution is 0.131. The van der Waals surface area contributed by atoms with Crippen LogP contribution in [-0.2, 0) is 31.7 Å². The summed E-state index contributed by atoms with van der Waals surface area (Å²) in [5, 5.41) is 0. The Morgan fingerprint density at radius 1 is 0.900 bits per heavy atom. The van der Waals surface area contributed by atoms with Gasteiger partial charge in [0.2, 0.25) is 0 Å². The van der Waals surface area contributed by atoms with Crippen LogP contribution in [-0.4, -0.2) is 41.2 Å². The van der Waals surface area contributed by atoms with Crippen LogP contribution in [0.1, 0.15) is 33.6 Å². The summed E-state index contributed by atoms with van der Waals surface area (Å²) in [7, 11) is 0.157. The molecule has 0 N–H and O–H groups in total. The maximum Gasteiger partial charge on any atom is 0.474 e. The van der Waals surface area contributed by atoms with Crippen molar-refractivity contribution in [3.8, 4) is 0 Å². The van der Waals surface area contributed by atoms with Crippen LogP contribution in [0.4, 0.5) is 0 Å². The highest BCUT2D eigenvalue weighted by molar-refractivity contribution is 7.48. The minimum absolute atomic E-state index is 0.398. The molecule has 0 aromatic heterocycles. The van der Waals surface area contributed by atoms with Crippen molar-refractivity contribution < 1.29 is 31.7 Å². The van der Waals surface area contributed by atoms with E-state index in [0.717, 1.165) is 12.8 Å². The topological polar surface area (TPSA) is 72.5 Å². The Balaban J connectivity index is 0. The first kappa shape index (κ1) is 22.7. The monoisotopic (exact) mass is 334 g/mol. The Hall–Kier alpha value is 0.420. The van der Waals surface area contributed by atoms with Crippen molar-refractivity contribution in [3.05, 3.63) is 0 Å². The van der Waals surface area contributed by atoms with E-state index in [0.29, 0.717) is 19.8 Å². The fourth-order valence-electron chi connectivity index (χ4n) is 0.834. The average molecular weight is 334 g/mol. The third-order valence-electron chi connectivity index (χ3n) is 1.66. The van der Waals surface area contributed by atoms with Crippen LogP contribution < -0.4 is 0 Å². The third-order valence-corrected chi connectivity index (χ3v) is 4.17. The molecule has 0 amide bonds. The van der Waals surface area contributed by atoms with Crippen molar-refractivity contribution in [1.82, 2.24) is 0 Å². The van der Waals surface area contributed by atoms with E-state index in [1.54, 1.807) is 14.2 Å². The molecule has 0 spiro atoms. The lowest BCUT2D eigenvalue weighted by Gasteiger charge is -2.14. The van der Waals surface area contributed by atoms with Gasteiger partial charge in [0, 0.05) is 21.3 Å². The van der Waals surface area contributed by atoms with Crippen LogP contribution in [0.15, 0.2) is 0 Å². The van der Waals surface area contributed by atoms with Crippen molar-refractivity contribution in [2.24, 2.45) is 0 Å². The molecule has 9 heteroatoms. The maximum atomic E-state index is 11.4. The van der Waals surface area contributed by atoms with Gasteiger partial charge in [-0.05, 0) is 19.8 Å². The Bertz CT molecular complexity index is 225. The SMILES string of the molecule is CCCOP(=O)(OC)OCCC.CCOP(OC)OC. The zero-order valence-electron chi connectivity index (χ0n) is 13.3. The van der Waals surface area contributed by atoms with Crippen LogP contribution in [0.2, 0.25) is 0 Å². The van der Waals surface area contributed by atoms with E-state index >= 15 is 0 Å². The molecule has 0 aliphatic carbocycles. The van der Waals surface area contributed by atoms with Crippen molar-refractivity contribution in [2.75, 3.05) is 41.2 Å². The molecule has 0 aromatic rings. The summed E-state index contributed by atoms with van der Waals surface area (Å²) in [6, 6.07) is 0. The van der Waals surface area contributed by atoms with Gasteiger partial charge in [0.1, 0.15) is 0 Å². The molecular weight excluding hydrogens is 306 g/mol. The van der Waals surface area contributed by atoms with Crippen molar-refractivity contribution >= 4 is 16.4 Å². The first-order valence-corrected chi connectivity index (χ1v) is 9.05.